The summed E-state index contributed by atoms with van der Waals surface area (Å²) in [5.74, 6) is -0.238. The lowest BCUT2D eigenvalue weighted by atomic mass is 9.89. The van der Waals surface area contributed by atoms with Crippen LogP contribution in [0.1, 0.15) is 24.4 Å². The first-order chi connectivity index (χ1) is 7.68. The van der Waals surface area contributed by atoms with Gasteiger partial charge < -0.3 is 10.6 Å². The minimum atomic E-state index is -0.453. The van der Waals surface area contributed by atoms with E-state index in [4.69, 9.17) is 5.73 Å². The molecule has 2 atom stereocenters. The quantitative estimate of drug-likeness (QED) is 0.761. The maximum absolute atomic E-state index is 12.8. The number of halogens is 1. The van der Waals surface area contributed by atoms with Gasteiger partial charge in [-0.15, -0.1) is 0 Å². The normalized spacial score (nSPS) is 29.1. The Kier molecular flexibility index (Phi) is 2.01. The second kappa shape index (κ2) is 3.28. The molecule has 0 unspecified atom stereocenters. The van der Waals surface area contributed by atoms with E-state index in [0.717, 1.165) is 18.4 Å². The molecule has 0 spiro atoms. The zero-order valence-electron chi connectivity index (χ0n) is 8.77. The lowest BCUT2D eigenvalue weighted by molar-refractivity contribution is -0.150. The summed E-state index contributed by atoms with van der Waals surface area (Å²) < 4.78 is 12.8. The van der Waals surface area contributed by atoms with Crippen molar-refractivity contribution in [2.45, 2.75) is 31.0 Å². The fraction of sp³-hybridized carbons (Fsp3) is 0.417. The van der Waals surface area contributed by atoms with Gasteiger partial charge in [0, 0.05) is 6.04 Å². The number of hydrogen-bond acceptors (Lipinski definition) is 2. The Morgan fingerprint density at radius 2 is 1.88 bits per heavy atom. The maximum atomic E-state index is 12.8. The number of rotatable bonds is 2. The molecule has 0 radical (unpaired) electrons. The molecule has 1 aromatic carbocycles. The average Bonchev–Trinajstić information content (AvgIpc) is 3.10. The highest BCUT2D eigenvalue weighted by atomic mass is 19.1. The number of amides is 1. The molecule has 2 fully saturated rings. The van der Waals surface area contributed by atoms with Gasteiger partial charge in [-0.1, -0.05) is 12.1 Å². The summed E-state index contributed by atoms with van der Waals surface area (Å²) in [7, 11) is 0. The Morgan fingerprint density at radius 3 is 2.44 bits per heavy atom. The SMILES string of the molecule is N[C@H]1C(=O)N(C2CC2)[C@H]1c1ccc(F)cc1. The van der Waals surface area contributed by atoms with E-state index >= 15 is 0 Å². The molecule has 84 valence electrons. The minimum Gasteiger partial charge on any atom is -0.329 e. The van der Waals surface area contributed by atoms with Crippen molar-refractivity contribution in [1.29, 1.82) is 0 Å². The van der Waals surface area contributed by atoms with E-state index in [1.165, 1.54) is 12.1 Å². The molecule has 0 aromatic heterocycles. The van der Waals surface area contributed by atoms with Gasteiger partial charge in [-0.3, -0.25) is 4.79 Å². The molecule has 1 saturated carbocycles. The highest BCUT2D eigenvalue weighted by Crippen LogP contribution is 2.42. The molecule has 16 heavy (non-hydrogen) atoms. The van der Waals surface area contributed by atoms with Gasteiger partial charge in [0.2, 0.25) is 5.91 Å². The predicted octanol–water partition coefficient (Wildman–Crippen LogP) is 1.20. The van der Waals surface area contributed by atoms with Gasteiger partial charge in [0.1, 0.15) is 11.9 Å². The first-order valence-corrected chi connectivity index (χ1v) is 5.51. The van der Waals surface area contributed by atoms with Crippen LogP contribution in [0.25, 0.3) is 0 Å². The second-order valence-corrected chi connectivity index (χ2v) is 4.50. The van der Waals surface area contributed by atoms with Crippen LogP contribution >= 0.6 is 0 Å². The van der Waals surface area contributed by atoms with Crippen LogP contribution in [-0.2, 0) is 4.79 Å². The third-order valence-electron chi connectivity index (χ3n) is 3.33. The summed E-state index contributed by atoms with van der Waals surface area (Å²) in [5.41, 5.74) is 6.74. The summed E-state index contributed by atoms with van der Waals surface area (Å²) in [4.78, 5) is 13.5. The van der Waals surface area contributed by atoms with Gasteiger partial charge in [-0.05, 0) is 30.5 Å². The van der Waals surface area contributed by atoms with Gasteiger partial charge in [0.15, 0.2) is 0 Å². The Bertz CT molecular complexity index is 427. The molecule has 3 rings (SSSR count). The van der Waals surface area contributed by atoms with Crippen LogP contribution in [0.2, 0.25) is 0 Å². The number of nitrogens with two attached hydrogens (primary N) is 1. The molecule has 1 heterocycles. The number of likely N-dealkylation sites (tertiary alicyclic amines) is 1. The first kappa shape index (κ1) is 9.78. The monoisotopic (exact) mass is 220 g/mol. The van der Waals surface area contributed by atoms with Crippen LogP contribution in [0.3, 0.4) is 0 Å². The maximum Gasteiger partial charge on any atom is 0.242 e. The molecule has 1 aliphatic carbocycles. The third-order valence-corrected chi connectivity index (χ3v) is 3.33. The summed E-state index contributed by atoms with van der Waals surface area (Å²) in [5, 5.41) is 0. The van der Waals surface area contributed by atoms with E-state index in [-0.39, 0.29) is 17.8 Å². The van der Waals surface area contributed by atoms with Gasteiger partial charge in [0.25, 0.3) is 0 Å². The summed E-state index contributed by atoms with van der Waals surface area (Å²) in [6.45, 7) is 0. The fourth-order valence-corrected chi connectivity index (χ4v) is 2.32. The number of β-lactam (4-membered cyclic amide) rings is 1. The predicted molar refractivity (Wildman–Crippen MR) is 57.0 cm³/mol. The summed E-state index contributed by atoms with van der Waals surface area (Å²) in [6, 6.07) is 6.10. The molecule has 2 aliphatic rings. The molecule has 4 heteroatoms. The van der Waals surface area contributed by atoms with Gasteiger partial charge in [-0.25, -0.2) is 4.39 Å². The van der Waals surface area contributed by atoms with E-state index < -0.39 is 6.04 Å². The zero-order chi connectivity index (χ0) is 11.3. The van der Waals surface area contributed by atoms with Crippen molar-refractivity contribution < 1.29 is 9.18 Å². The molecule has 0 bridgehead atoms. The number of benzene rings is 1. The van der Waals surface area contributed by atoms with Gasteiger partial charge in [-0.2, -0.15) is 0 Å². The van der Waals surface area contributed by atoms with Crippen molar-refractivity contribution in [2.24, 2.45) is 5.73 Å². The Balaban J connectivity index is 1.87. The molecule has 3 nitrogen and oxygen atoms in total. The van der Waals surface area contributed by atoms with Crippen LogP contribution in [0.5, 0.6) is 0 Å². The average molecular weight is 220 g/mol. The molecule has 1 aliphatic heterocycles. The minimum absolute atomic E-state index is 0.0248. The number of carbonyl (C=O) groups excluding carboxylic acids is 1. The van der Waals surface area contributed by atoms with Crippen molar-refractivity contribution in [3.63, 3.8) is 0 Å². The molecule has 1 saturated heterocycles. The highest BCUT2D eigenvalue weighted by molar-refractivity contribution is 5.90. The zero-order valence-corrected chi connectivity index (χ0v) is 8.77. The van der Waals surface area contributed by atoms with Crippen molar-refractivity contribution in [3.05, 3.63) is 35.6 Å². The smallest absolute Gasteiger partial charge is 0.242 e. The van der Waals surface area contributed by atoms with E-state index in [1.54, 1.807) is 12.1 Å². The van der Waals surface area contributed by atoms with Gasteiger partial charge in [0.05, 0.1) is 6.04 Å². The van der Waals surface area contributed by atoms with Crippen LogP contribution in [0.15, 0.2) is 24.3 Å². The Labute approximate surface area is 93.0 Å². The van der Waals surface area contributed by atoms with E-state index in [1.807, 2.05) is 4.90 Å². The van der Waals surface area contributed by atoms with Crippen LogP contribution in [-0.4, -0.2) is 22.9 Å². The molecular formula is C12H13FN2O. The third kappa shape index (κ3) is 1.33. The number of hydrogen-bond donors (Lipinski definition) is 1. The summed E-state index contributed by atoms with van der Waals surface area (Å²) in [6.07, 6.45) is 2.13. The van der Waals surface area contributed by atoms with E-state index in [0.29, 0.717) is 6.04 Å². The van der Waals surface area contributed by atoms with Crippen LogP contribution in [0, 0.1) is 5.82 Å². The van der Waals surface area contributed by atoms with Crippen molar-refractivity contribution >= 4 is 5.91 Å². The molecule has 2 N–H and O–H groups in total. The molecule has 1 aromatic rings. The molecular weight excluding hydrogens is 207 g/mol. The van der Waals surface area contributed by atoms with Crippen LogP contribution < -0.4 is 5.73 Å². The van der Waals surface area contributed by atoms with E-state index in [9.17, 15) is 9.18 Å². The lowest BCUT2D eigenvalue weighted by Crippen LogP contribution is -2.63. The van der Waals surface area contributed by atoms with E-state index in [2.05, 4.69) is 0 Å². The number of carbonyl (C=O) groups is 1. The number of nitrogens with zero attached hydrogens (tertiary/aromatic N) is 1. The van der Waals surface area contributed by atoms with Crippen molar-refractivity contribution in [2.75, 3.05) is 0 Å². The Morgan fingerprint density at radius 1 is 1.25 bits per heavy atom. The topological polar surface area (TPSA) is 46.3 Å². The second-order valence-electron chi connectivity index (χ2n) is 4.50. The van der Waals surface area contributed by atoms with Crippen molar-refractivity contribution in [1.82, 2.24) is 4.90 Å². The summed E-state index contributed by atoms with van der Waals surface area (Å²) >= 11 is 0. The Hall–Kier alpha value is -1.42. The molecule has 1 amide bonds. The fourth-order valence-electron chi connectivity index (χ4n) is 2.32. The van der Waals surface area contributed by atoms with Crippen molar-refractivity contribution in [3.8, 4) is 0 Å². The van der Waals surface area contributed by atoms with Gasteiger partial charge >= 0.3 is 0 Å². The first-order valence-electron chi connectivity index (χ1n) is 5.51. The van der Waals surface area contributed by atoms with Crippen LogP contribution in [0.4, 0.5) is 4.39 Å². The lowest BCUT2D eigenvalue weighted by Gasteiger charge is -2.46. The standard InChI is InChI=1S/C12H13FN2O/c13-8-3-1-7(2-4-8)11-10(14)12(16)15(11)9-5-6-9/h1-4,9-11H,5-6,14H2/t10-,11+/m1/s1. The highest BCUT2D eigenvalue weighted by Gasteiger charge is 2.51. The largest absolute Gasteiger partial charge is 0.329 e.